The third-order valence-electron chi connectivity index (χ3n) is 5.14. The van der Waals surface area contributed by atoms with Gasteiger partial charge in [-0.3, -0.25) is 9.78 Å². The fourth-order valence-electron chi connectivity index (χ4n) is 3.36. The second-order valence-electron chi connectivity index (χ2n) is 7.75. The number of nitrogens with zero attached hydrogens (tertiary/aromatic N) is 1. The van der Waals surface area contributed by atoms with Gasteiger partial charge in [0.25, 0.3) is 0 Å². The number of halogens is 3. The zero-order valence-corrected chi connectivity index (χ0v) is 18.3. The summed E-state index contributed by atoms with van der Waals surface area (Å²) in [4.78, 5) is 15.5. The van der Waals surface area contributed by atoms with Gasteiger partial charge in [0.2, 0.25) is 5.91 Å². The average molecular weight is 458 g/mol. The van der Waals surface area contributed by atoms with Crippen molar-refractivity contribution in [2.24, 2.45) is 0 Å². The Morgan fingerprint density at radius 1 is 1.15 bits per heavy atom. The summed E-state index contributed by atoms with van der Waals surface area (Å²) >= 11 is 0. The van der Waals surface area contributed by atoms with Gasteiger partial charge >= 0.3 is 6.18 Å². The van der Waals surface area contributed by atoms with Crippen LogP contribution in [0, 0.1) is 0 Å². The number of rotatable bonds is 8. The number of pyridine rings is 1. The summed E-state index contributed by atoms with van der Waals surface area (Å²) in [6.45, 7) is 3.04. The summed E-state index contributed by atoms with van der Waals surface area (Å²) in [6, 6.07) is 13.4. The van der Waals surface area contributed by atoms with Gasteiger partial charge in [0.15, 0.2) is 0 Å². The third kappa shape index (κ3) is 6.79. The second kappa shape index (κ2) is 10.5. The SMILES string of the molecule is CC(=O)Nc1ccc(C(F)(F)F)cc1-c1ccc(O[C@@H](C)C(O)CCc2cccnc2)cc1. The molecule has 1 aromatic heterocycles. The summed E-state index contributed by atoms with van der Waals surface area (Å²) in [7, 11) is 0. The normalized spacial score (nSPS) is 13.3. The largest absolute Gasteiger partial charge is 0.488 e. The molecule has 0 aliphatic carbocycles. The molecular formula is C25H25F3N2O3. The number of amides is 1. The molecule has 2 atom stereocenters. The molecule has 174 valence electrons. The Balaban J connectivity index is 1.72. The molecule has 0 bridgehead atoms. The molecule has 0 aliphatic rings. The molecule has 1 unspecified atom stereocenters. The van der Waals surface area contributed by atoms with Crippen LogP contribution in [0.1, 0.15) is 31.4 Å². The number of aliphatic hydroxyl groups is 1. The minimum absolute atomic E-state index is 0.246. The van der Waals surface area contributed by atoms with Crippen molar-refractivity contribution in [3.8, 4) is 16.9 Å². The fraction of sp³-hybridized carbons (Fsp3) is 0.280. The highest BCUT2D eigenvalue weighted by atomic mass is 19.4. The molecule has 0 saturated heterocycles. The predicted molar refractivity (Wildman–Crippen MR) is 120 cm³/mol. The van der Waals surface area contributed by atoms with Gasteiger partial charge in [-0.1, -0.05) is 18.2 Å². The number of hydrogen-bond donors (Lipinski definition) is 2. The van der Waals surface area contributed by atoms with Gasteiger partial charge in [-0.2, -0.15) is 13.2 Å². The number of hydrogen-bond acceptors (Lipinski definition) is 4. The van der Waals surface area contributed by atoms with Crippen molar-refractivity contribution in [3.05, 3.63) is 78.1 Å². The van der Waals surface area contributed by atoms with Crippen LogP contribution in [0.2, 0.25) is 0 Å². The standard InChI is InChI=1S/C25H25F3N2O3/c1-16(24(32)12-5-18-4-3-13-29-15-18)33-21-9-6-19(7-10-21)22-14-20(25(26,27)28)8-11-23(22)30-17(2)31/h3-4,6-11,13-16,24,32H,5,12H2,1-2H3,(H,30,31)/t16-,24?/m0/s1. The van der Waals surface area contributed by atoms with Crippen molar-refractivity contribution >= 4 is 11.6 Å². The summed E-state index contributed by atoms with van der Waals surface area (Å²) < 4.78 is 45.4. The lowest BCUT2D eigenvalue weighted by molar-refractivity contribution is -0.137. The average Bonchev–Trinajstić information content (AvgIpc) is 2.78. The molecular weight excluding hydrogens is 433 g/mol. The van der Waals surface area contributed by atoms with Crippen LogP contribution in [-0.4, -0.2) is 28.2 Å². The molecule has 5 nitrogen and oxygen atoms in total. The maximum Gasteiger partial charge on any atom is 0.416 e. The summed E-state index contributed by atoms with van der Waals surface area (Å²) in [6.07, 6.45) is -1.11. The lowest BCUT2D eigenvalue weighted by atomic mass is 10.00. The lowest BCUT2D eigenvalue weighted by Gasteiger charge is -2.21. The summed E-state index contributed by atoms with van der Waals surface area (Å²) in [5.41, 5.74) is 1.22. The number of nitrogens with one attached hydrogen (secondary N) is 1. The number of anilines is 1. The Morgan fingerprint density at radius 2 is 1.88 bits per heavy atom. The van der Waals surface area contributed by atoms with E-state index in [1.165, 1.54) is 13.0 Å². The summed E-state index contributed by atoms with van der Waals surface area (Å²) in [5, 5.41) is 13.0. The predicted octanol–water partition coefficient (Wildman–Crippen LogP) is 5.49. The van der Waals surface area contributed by atoms with Gasteiger partial charge in [0.05, 0.1) is 11.7 Å². The topological polar surface area (TPSA) is 71.5 Å². The maximum absolute atomic E-state index is 13.2. The van der Waals surface area contributed by atoms with Crippen molar-refractivity contribution < 1.29 is 27.8 Å². The van der Waals surface area contributed by atoms with Crippen LogP contribution in [0.15, 0.2) is 67.0 Å². The van der Waals surface area contributed by atoms with E-state index in [0.29, 0.717) is 24.2 Å². The molecule has 1 heterocycles. The summed E-state index contributed by atoms with van der Waals surface area (Å²) in [5.74, 6) is 0.0878. The van der Waals surface area contributed by atoms with Gasteiger partial charge in [-0.25, -0.2) is 0 Å². The Hall–Kier alpha value is -3.39. The van der Waals surface area contributed by atoms with Gasteiger partial charge in [0.1, 0.15) is 11.9 Å². The fourth-order valence-corrected chi connectivity index (χ4v) is 3.36. The number of aryl methyl sites for hydroxylation is 1. The molecule has 2 aromatic carbocycles. The van der Waals surface area contributed by atoms with E-state index in [2.05, 4.69) is 10.3 Å². The number of carbonyl (C=O) groups excluding carboxylic acids is 1. The van der Waals surface area contributed by atoms with Gasteiger partial charge in [0, 0.05) is 30.6 Å². The van der Waals surface area contributed by atoms with Gasteiger partial charge in [-0.05, 0) is 67.3 Å². The van der Waals surface area contributed by atoms with Crippen LogP contribution in [0.4, 0.5) is 18.9 Å². The van der Waals surface area contributed by atoms with Crippen LogP contribution < -0.4 is 10.1 Å². The van der Waals surface area contributed by atoms with E-state index in [9.17, 15) is 23.1 Å². The lowest BCUT2D eigenvalue weighted by Crippen LogP contribution is -2.29. The van der Waals surface area contributed by atoms with Crippen LogP contribution in [-0.2, 0) is 17.4 Å². The molecule has 2 N–H and O–H groups in total. The number of aromatic nitrogens is 1. The van der Waals surface area contributed by atoms with Crippen LogP contribution in [0.25, 0.3) is 11.1 Å². The van der Waals surface area contributed by atoms with Crippen LogP contribution in [0.3, 0.4) is 0 Å². The quantitative estimate of drug-likeness (QED) is 0.469. The third-order valence-corrected chi connectivity index (χ3v) is 5.14. The van der Waals surface area contributed by atoms with Crippen molar-refractivity contribution in [3.63, 3.8) is 0 Å². The second-order valence-corrected chi connectivity index (χ2v) is 7.75. The van der Waals surface area contributed by atoms with Gasteiger partial charge < -0.3 is 15.2 Å². The first-order valence-electron chi connectivity index (χ1n) is 10.5. The number of ether oxygens (including phenoxy) is 1. The first-order chi connectivity index (χ1) is 15.6. The number of aliphatic hydroxyl groups excluding tert-OH is 1. The molecule has 0 fully saturated rings. The molecule has 0 saturated carbocycles. The van der Waals surface area contributed by atoms with E-state index in [4.69, 9.17) is 4.74 Å². The minimum atomic E-state index is -4.51. The Kier molecular flexibility index (Phi) is 7.71. The molecule has 3 aromatic rings. The minimum Gasteiger partial charge on any atom is -0.488 e. The zero-order chi connectivity index (χ0) is 24.0. The molecule has 0 spiro atoms. The molecule has 3 rings (SSSR count). The number of carbonyl (C=O) groups is 1. The first kappa shape index (κ1) is 24.3. The molecule has 0 aliphatic heterocycles. The van der Waals surface area contributed by atoms with Crippen molar-refractivity contribution in [2.45, 2.75) is 45.1 Å². The Morgan fingerprint density at radius 3 is 2.48 bits per heavy atom. The van der Waals surface area contributed by atoms with Crippen LogP contribution in [0.5, 0.6) is 5.75 Å². The van der Waals surface area contributed by atoms with Crippen LogP contribution >= 0.6 is 0 Å². The number of benzene rings is 2. The van der Waals surface area contributed by atoms with E-state index in [-0.39, 0.29) is 17.2 Å². The molecule has 1 amide bonds. The van der Waals surface area contributed by atoms with E-state index in [1.54, 1.807) is 43.6 Å². The maximum atomic E-state index is 13.2. The monoisotopic (exact) mass is 458 g/mol. The first-order valence-corrected chi connectivity index (χ1v) is 10.5. The van der Waals surface area contributed by atoms with E-state index in [0.717, 1.165) is 17.7 Å². The highest BCUT2D eigenvalue weighted by Gasteiger charge is 2.31. The Bertz CT molecular complexity index is 1070. The Labute approximate surface area is 190 Å². The smallest absolute Gasteiger partial charge is 0.416 e. The molecule has 8 heteroatoms. The van der Waals surface area contributed by atoms with E-state index < -0.39 is 23.9 Å². The highest BCUT2D eigenvalue weighted by molar-refractivity contribution is 5.94. The van der Waals surface area contributed by atoms with E-state index >= 15 is 0 Å². The zero-order valence-electron chi connectivity index (χ0n) is 18.3. The van der Waals surface area contributed by atoms with Crippen molar-refractivity contribution in [2.75, 3.05) is 5.32 Å². The van der Waals surface area contributed by atoms with Gasteiger partial charge in [-0.15, -0.1) is 0 Å². The molecule has 0 radical (unpaired) electrons. The van der Waals surface area contributed by atoms with Crippen molar-refractivity contribution in [1.82, 2.24) is 4.98 Å². The van der Waals surface area contributed by atoms with E-state index in [1.807, 2.05) is 12.1 Å². The van der Waals surface area contributed by atoms with Crippen molar-refractivity contribution in [1.29, 1.82) is 0 Å². The molecule has 33 heavy (non-hydrogen) atoms. The number of alkyl halides is 3. The highest BCUT2D eigenvalue weighted by Crippen LogP contribution is 2.36.